The molecule has 1 aromatic rings. The van der Waals surface area contributed by atoms with Crippen LogP contribution < -0.4 is 0 Å². The van der Waals surface area contributed by atoms with E-state index >= 15 is 0 Å². The van der Waals surface area contributed by atoms with E-state index in [4.69, 9.17) is 5.26 Å². The molecule has 0 saturated heterocycles. The zero-order chi connectivity index (χ0) is 10.4. The molecule has 1 heteroatoms. The number of allylic oxidation sites excluding steroid dienone is 1. The summed E-state index contributed by atoms with van der Waals surface area (Å²) in [5, 5.41) is 8.62. The fourth-order valence-electron chi connectivity index (χ4n) is 1.08. The van der Waals surface area contributed by atoms with E-state index in [1.54, 1.807) is 0 Å². The molecule has 1 nitrogen and oxygen atoms in total. The van der Waals surface area contributed by atoms with Crippen LogP contribution >= 0.6 is 0 Å². The van der Waals surface area contributed by atoms with E-state index in [0.29, 0.717) is 11.5 Å². The van der Waals surface area contributed by atoms with Gasteiger partial charge in [-0.25, -0.2) is 0 Å². The Kier molecular flexibility index (Phi) is 3.94. The van der Waals surface area contributed by atoms with Gasteiger partial charge in [-0.1, -0.05) is 44.6 Å². The lowest BCUT2D eigenvalue weighted by atomic mass is 10.1. The third-order valence-corrected chi connectivity index (χ3v) is 2.30. The Labute approximate surface area is 85.7 Å². The van der Waals surface area contributed by atoms with Crippen molar-refractivity contribution in [3.63, 3.8) is 0 Å². The zero-order valence-electron chi connectivity index (χ0n) is 8.70. The van der Waals surface area contributed by atoms with Gasteiger partial charge in [0.25, 0.3) is 0 Å². The average molecular weight is 185 g/mol. The van der Waals surface area contributed by atoms with Crippen LogP contribution in [0.1, 0.15) is 31.4 Å². The molecular weight excluding hydrogens is 170 g/mol. The second-order valence-corrected chi connectivity index (χ2v) is 3.48. The lowest BCUT2D eigenvalue weighted by Crippen LogP contribution is -1.84. The van der Waals surface area contributed by atoms with Crippen molar-refractivity contribution in [3.8, 4) is 6.07 Å². The molecule has 1 rings (SSSR count). The van der Waals surface area contributed by atoms with E-state index in [1.807, 2.05) is 24.3 Å². The van der Waals surface area contributed by atoms with Gasteiger partial charge in [-0.05, 0) is 23.6 Å². The summed E-state index contributed by atoms with van der Waals surface area (Å²) in [5.41, 5.74) is 1.87. The molecule has 72 valence electrons. The van der Waals surface area contributed by atoms with Crippen molar-refractivity contribution in [1.29, 1.82) is 5.26 Å². The summed E-state index contributed by atoms with van der Waals surface area (Å²) in [6.07, 6.45) is 5.46. The molecule has 1 atom stereocenters. The highest BCUT2D eigenvalue weighted by atomic mass is 14.2. The molecule has 0 bridgehead atoms. The lowest BCUT2D eigenvalue weighted by molar-refractivity contribution is 0.701. The van der Waals surface area contributed by atoms with Gasteiger partial charge in [0.1, 0.15) is 0 Å². The van der Waals surface area contributed by atoms with Crippen molar-refractivity contribution in [2.45, 2.75) is 20.3 Å². The molecule has 0 aromatic heterocycles. The van der Waals surface area contributed by atoms with Crippen LogP contribution in [0.5, 0.6) is 0 Å². The highest BCUT2D eigenvalue weighted by molar-refractivity contribution is 5.51. The summed E-state index contributed by atoms with van der Waals surface area (Å²) in [5.74, 6) is 0.616. The van der Waals surface area contributed by atoms with E-state index in [-0.39, 0.29) is 0 Å². The molecule has 0 unspecified atom stereocenters. The zero-order valence-corrected chi connectivity index (χ0v) is 8.70. The second kappa shape index (κ2) is 5.24. The molecule has 0 N–H and O–H groups in total. The molecule has 0 aliphatic heterocycles. The number of nitriles is 1. The first-order chi connectivity index (χ1) is 6.76. The van der Waals surface area contributed by atoms with Crippen LogP contribution in [0, 0.1) is 17.2 Å². The number of benzene rings is 1. The second-order valence-electron chi connectivity index (χ2n) is 3.48. The Morgan fingerprint density at radius 1 is 1.36 bits per heavy atom. The highest BCUT2D eigenvalue weighted by Crippen LogP contribution is 2.09. The molecule has 0 amide bonds. The smallest absolute Gasteiger partial charge is 0.0991 e. The number of rotatable bonds is 3. The van der Waals surface area contributed by atoms with Gasteiger partial charge < -0.3 is 0 Å². The fraction of sp³-hybridized carbons (Fsp3) is 0.308. The largest absolute Gasteiger partial charge is 0.192 e. The van der Waals surface area contributed by atoms with Crippen LogP contribution in [0.15, 0.2) is 30.3 Å². The summed E-state index contributed by atoms with van der Waals surface area (Å²) in [4.78, 5) is 0. The minimum absolute atomic E-state index is 0.616. The van der Waals surface area contributed by atoms with Crippen LogP contribution in [0.25, 0.3) is 6.08 Å². The van der Waals surface area contributed by atoms with Gasteiger partial charge in [-0.15, -0.1) is 0 Å². The Bertz CT molecular complexity index is 340. The molecule has 0 aliphatic rings. The van der Waals surface area contributed by atoms with Gasteiger partial charge in [-0.2, -0.15) is 5.26 Å². The van der Waals surface area contributed by atoms with Gasteiger partial charge in [-0.3, -0.25) is 0 Å². The van der Waals surface area contributed by atoms with Crippen LogP contribution in [-0.4, -0.2) is 0 Å². The van der Waals surface area contributed by atoms with E-state index in [9.17, 15) is 0 Å². The fourth-order valence-corrected chi connectivity index (χ4v) is 1.08. The normalized spacial score (nSPS) is 12.6. The Balaban J connectivity index is 2.70. The standard InChI is InChI=1S/C13H15N/c1-3-11(2)4-5-12-6-8-13(10-14)9-7-12/h4-9,11H,3H2,1-2H3/b5-4+/t11-/m0/s1. The summed E-state index contributed by atoms with van der Waals surface area (Å²) in [6, 6.07) is 9.73. The maximum Gasteiger partial charge on any atom is 0.0991 e. The number of hydrogen-bond acceptors (Lipinski definition) is 1. The highest BCUT2D eigenvalue weighted by Gasteiger charge is 1.92. The summed E-state index contributed by atoms with van der Waals surface area (Å²) < 4.78 is 0. The first kappa shape index (κ1) is 10.5. The number of nitrogens with zero attached hydrogens (tertiary/aromatic N) is 1. The Morgan fingerprint density at radius 3 is 2.50 bits per heavy atom. The average Bonchev–Trinajstić information content (AvgIpc) is 2.26. The van der Waals surface area contributed by atoms with Crippen molar-refractivity contribution in [1.82, 2.24) is 0 Å². The Morgan fingerprint density at radius 2 is 2.00 bits per heavy atom. The SMILES string of the molecule is CC[C@H](C)/C=C/c1ccc(C#N)cc1. The lowest BCUT2D eigenvalue weighted by Gasteiger charge is -1.99. The van der Waals surface area contributed by atoms with Crippen molar-refractivity contribution in [2.75, 3.05) is 0 Å². The molecule has 0 radical (unpaired) electrons. The van der Waals surface area contributed by atoms with E-state index in [0.717, 1.165) is 12.0 Å². The van der Waals surface area contributed by atoms with Gasteiger partial charge >= 0.3 is 0 Å². The van der Waals surface area contributed by atoms with Crippen LogP contribution in [0.3, 0.4) is 0 Å². The van der Waals surface area contributed by atoms with Crippen LogP contribution in [0.4, 0.5) is 0 Å². The number of hydrogen-bond donors (Lipinski definition) is 0. The summed E-state index contributed by atoms with van der Waals surface area (Å²) in [6.45, 7) is 4.37. The van der Waals surface area contributed by atoms with Gasteiger partial charge in [0.05, 0.1) is 11.6 Å². The molecular formula is C13H15N. The molecule has 0 spiro atoms. The molecule has 14 heavy (non-hydrogen) atoms. The van der Waals surface area contributed by atoms with E-state index in [1.165, 1.54) is 0 Å². The van der Waals surface area contributed by atoms with Crippen molar-refractivity contribution < 1.29 is 0 Å². The molecule has 1 aromatic carbocycles. The maximum atomic E-state index is 8.62. The maximum absolute atomic E-state index is 8.62. The van der Waals surface area contributed by atoms with Crippen molar-refractivity contribution in [3.05, 3.63) is 41.5 Å². The molecule has 0 aliphatic carbocycles. The van der Waals surface area contributed by atoms with Crippen molar-refractivity contribution >= 4 is 6.08 Å². The molecule has 0 saturated carbocycles. The van der Waals surface area contributed by atoms with Crippen LogP contribution in [-0.2, 0) is 0 Å². The first-order valence-corrected chi connectivity index (χ1v) is 4.94. The Hall–Kier alpha value is -1.55. The first-order valence-electron chi connectivity index (χ1n) is 4.94. The third kappa shape index (κ3) is 3.06. The van der Waals surface area contributed by atoms with Crippen LogP contribution in [0.2, 0.25) is 0 Å². The topological polar surface area (TPSA) is 23.8 Å². The van der Waals surface area contributed by atoms with Gasteiger partial charge in [0.2, 0.25) is 0 Å². The molecule has 0 heterocycles. The van der Waals surface area contributed by atoms with E-state index < -0.39 is 0 Å². The minimum atomic E-state index is 0.616. The predicted molar refractivity (Wildman–Crippen MR) is 59.6 cm³/mol. The third-order valence-electron chi connectivity index (χ3n) is 2.30. The van der Waals surface area contributed by atoms with Gasteiger partial charge in [0.15, 0.2) is 0 Å². The predicted octanol–water partition coefficient (Wildman–Crippen LogP) is 3.62. The quantitative estimate of drug-likeness (QED) is 0.705. The van der Waals surface area contributed by atoms with E-state index in [2.05, 4.69) is 32.1 Å². The summed E-state index contributed by atoms with van der Waals surface area (Å²) in [7, 11) is 0. The van der Waals surface area contributed by atoms with Crippen molar-refractivity contribution in [2.24, 2.45) is 5.92 Å². The van der Waals surface area contributed by atoms with Gasteiger partial charge in [0, 0.05) is 0 Å². The molecule has 0 fully saturated rings. The minimum Gasteiger partial charge on any atom is -0.192 e. The monoisotopic (exact) mass is 185 g/mol. The summed E-state index contributed by atoms with van der Waals surface area (Å²) >= 11 is 0.